The average Bonchev–Trinajstić information content (AvgIpc) is 2.74. The van der Waals surface area contributed by atoms with Gasteiger partial charge in [0.1, 0.15) is 12.3 Å². The van der Waals surface area contributed by atoms with Gasteiger partial charge in [0.05, 0.1) is 13.3 Å². The van der Waals surface area contributed by atoms with Gasteiger partial charge in [-0.05, 0) is 53.6 Å². The molecular weight excluding hydrogens is 378 g/mol. The zero-order valence-corrected chi connectivity index (χ0v) is 15.9. The highest BCUT2D eigenvalue weighted by Gasteiger charge is 2.07. The molecule has 0 atom stereocenters. The Bertz CT molecular complexity index is 960. The van der Waals surface area contributed by atoms with E-state index < -0.39 is 0 Å². The van der Waals surface area contributed by atoms with E-state index in [1.54, 1.807) is 43.6 Å². The number of methoxy groups -OCH3 is 1. The van der Waals surface area contributed by atoms with Crippen molar-refractivity contribution in [3.8, 4) is 11.5 Å². The van der Waals surface area contributed by atoms with Crippen LogP contribution in [0.3, 0.4) is 0 Å². The maximum absolute atomic E-state index is 11.9. The van der Waals surface area contributed by atoms with Crippen molar-refractivity contribution >= 4 is 23.7 Å². The van der Waals surface area contributed by atoms with Crippen LogP contribution in [0.5, 0.6) is 11.5 Å². The monoisotopic (exact) mass is 395 g/mol. The van der Waals surface area contributed by atoms with Gasteiger partial charge >= 0.3 is 0 Å². The summed E-state index contributed by atoms with van der Waals surface area (Å²) < 4.78 is 11.2. The third kappa shape index (κ3) is 5.31. The Balaban J connectivity index is 1.62. The SMILES string of the molecule is COc1cc(C=NNC(=O)c2ccccn2)ccc1OCc1ccc(Cl)cc1. The van der Waals surface area contributed by atoms with E-state index in [-0.39, 0.29) is 5.91 Å². The van der Waals surface area contributed by atoms with Crippen LogP contribution in [0.2, 0.25) is 5.02 Å². The number of ether oxygens (including phenoxy) is 2. The zero-order chi connectivity index (χ0) is 19.8. The summed E-state index contributed by atoms with van der Waals surface area (Å²) in [6, 6.07) is 17.9. The zero-order valence-electron chi connectivity index (χ0n) is 15.1. The number of halogens is 1. The number of aromatic nitrogens is 1. The van der Waals surface area contributed by atoms with Crippen LogP contribution in [0.15, 0.2) is 72.0 Å². The third-order valence-corrected chi connectivity index (χ3v) is 4.02. The molecule has 0 aliphatic carbocycles. The van der Waals surface area contributed by atoms with Gasteiger partial charge in [-0.1, -0.05) is 29.8 Å². The fraction of sp³-hybridized carbons (Fsp3) is 0.0952. The fourth-order valence-electron chi connectivity index (χ4n) is 2.35. The average molecular weight is 396 g/mol. The Hall–Kier alpha value is -3.38. The van der Waals surface area contributed by atoms with Crippen molar-refractivity contribution in [1.82, 2.24) is 10.4 Å². The number of carbonyl (C=O) groups is 1. The van der Waals surface area contributed by atoms with E-state index in [4.69, 9.17) is 21.1 Å². The first-order chi connectivity index (χ1) is 13.7. The van der Waals surface area contributed by atoms with Gasteiger partial charge < -0.3 is 9.47 Å². The Morgan fingerprint density at radius 3 is 2.68 bits per heavy atom. The van der Waals surface area contributed by atoms with Crippen LogP contribution in [0.1, 0.15) is 21.6 Å². The molecule has 0 bridgehead atoms. The summed E-state index contributed by atoms with van der Waals surface area (Å²) in [5.74, 6) is 0.785. The standard InChI is InChI=1S/C21H18ClN3O3/c1-27-20-12-16(13-24-25-21(26)18-4-2-3-11-23-18)7-10-19(20)28-14-15-5-8-17(22)9-6-15/h2-13H,14H2,1H3,(H,25,26). The van der Waals surface area contributed by atoms with Crippen molar-refractivity contribution in [3.05, 3.63) is 88.7 Å². The Kier molecular flexibility index (Phi) is 6.59. The first kappa shape index (κ1) is 19.4. The van der Waals surface area contributed by atoms with Crippen LogP contribution in [0.4, 0.5) is 0 Å². The molecule has 3 rings (SSSR count). The number of pyridine rings is 1. The molecule has 142 valence electrons. The molecule has 0 aliphatic heterocycles. The molecule has 0 spiro atoms. The summed E-state index contributed by atoms with van der Waals surface area (Å²) >= 11 is 5.89. The second-order valence-corrected chi connectivity index (χ2v) is 6.18. The summed E-state index contributed by atoms with van der Waals surface area (Å²) in [6.07, 6.45) is 3.07. The van der Waals surface area contributed by atoms with Crippen molar-refractivity contribution in [2.45, 2.75) is 6.61 Å². The number of hydrogen-bond acceptors (Lipinski definition) is 5. The minimum Gasteiger partial charge on any atom is -0.493 e. The van der Waals surface area contributed by atoms with Gasteiger partial charge in [0, 0.05) is 11.2 Å². The maximum Gasteiger partial charge on any atom is 0.289 e. The number of amides is 1. The highest BCUT2D eigenvalue weighted by Crippen LogP contribution is 2.28. The van der Waals surface area contributed by atoms with Gasteiger partial charge in [-0.3, -0.25) is 9.78 Å². The summed E-state index contributed by atoms with van der Waals surface area (Å²) in [7, 11) is 1.56. The van der Waals surface area contributed by atoms with Crippen LogP contribution in [-0.4, -0.2) is 24.2 Å². The summed E-state index contributed by atoms with van der Waals surface area (Å²) in [4.78, 5) is 15.9. The summed E-state index contributed by atoms with van der Waals surface area (Å²) in [5.41, 5.74) is 4.47. The van der Waals surface area contributed by atoms with Gasteiger partial charge in [-0.2, -0.15) is 5.10 Å². The first-order valence-corrected chi connectivity index (χ1v) is 8.83. The molecule has 0 radical (unpaired) electrons. The van der Waals surface area contributed by atoms with Crippen molar-refractivity contribution in [3.63, 3.8) is 0 Å². The van der Waals surface area contributed by atoms with Crippen molar-refractivity contribution in [2.24, 2.45) is 5.10 Å². The van der Waals surface area contributed by atoms with Crippen LogP contribution in [0.25, 0.3) is 0 Å². The quantitative estimate of drug-likeness (QED) is 0.483. The molecule has 28 heavy (non-hydrogen) atoms. The second-order valence-electron chi connectivity index (χ2n) is 5.74. The Morgan fingerprint density at radius 2 is 1.96 bits per heavy atom. The minimum absolute atomic E-state index is 0.295. The lowest BCUT2D eigenvalue weighted by molar-refractivity contribution is 0.0950. The molecule has 0 fully saturated rings. The summed E-state index contributed by atoms with van der Waals surface area (Å²) in [5, 5.41) is 4.63. The largest absolute Gasteiger partial charge is 0.493 e. The molecule has 1 N–H and O–H groups in total. The van der Waals surface area contributed by atoms with Gasteiger partial charge in [-0.25, -0.2) is 5.43 Å². The first-order valence-electron chi connectivity index (χ1n) is 8.45. The predicted molar refractivity (Wildman–Crippen MR) is 108 cm³/mol. The number of benzene rings is 2. The topological polar surface area (TPSA) is 72.8 Å². The third-order valence-electron chi connectivity index (χ3n) is 3.77. The molecule has 7 heteroatoms. The Labute approximate surface area is 167 Å². The molecular formula is C21H18ClN3O3. The summed E-state index contributed by atoms with van der Waals surface area (Å²) in [6.45, 7) is 0.390. The number of nitrogens with one attached hydrogen (secondary N) is 1. The van der Waals surface area contributed by atoms with Crippen LogP contribution >= 0.6 is 11.6 Å². The molecule has 6 nitrogen and oxygen atoms in total. The Morgan fingerprint density at radius 1 is 1.14 bits per heavy atom. The van der Waals surface area contributed by atoms with Gasteiger partial charge in [0.25, 0.3) is 5.91 Å². The van der Waals surface area contributed by atoms with Crippen molar-refractivity contribution in [2.75, 3.05) is 7.11 Å². The fourth-order valence-corrected chi connectivity index (χ4v) is 2.47. The van der Waals surface area contributed by atoms with Crippen molar-refractivity contribution in [1.29, 1.82) is 0 Å². The normalized spacial score (nSPS) is 10.6. The molecule has 1 amide bonds. The lowest BCUT2D eigenvalue weighted by Gasteiger charge is -2.11. The molecule has 2 aromatic carbocycles. The number of carbonyl (C=O) groups excluding carboxylic acids is 1. The van der Waals surface area contributed by atoms with E-state index in [1.807, 2.05) is 30.3 Å². The van der Waals surface area contributed by atoms with Gasteiger partial charge in [0.15, 0.2) is 11.5 Å². The molecule has 0 unspecified atom stereocenters. The van der Waals surface area contributed by atoms with Gasteiger partial charge in [-0.15, -0.1) is 0 Å². The smallest absolute Gasteiger partial charge is 0.289 e. The highest BCUT2D eigenvalue weighted by atomic mass is 35.5. The van der Waals surface area contributed by atoms with Crippen LogP contribution < -0.4 is 14.9 Å². The molecule has 3 aromatic rings. The van der Waals surface area contributed by atoms with E-state index >= 15 is 0 Å². The van der Waals surface area contributed by atoms with E-state index in [9.17, 15) is 4.79 Å². The molecule has 1 aromatic heterocycles. The molecule has 0 aliphatic rings. The van der Waals surface area contributed by atoms with E-state index in [0.29, 0.717) is 28.8 Å². The molecule has 1 heterocycles. The predicted octanol–water partition coefficient (Wildman–Crippen LogP) is 4.09. The maximum atomic E-state index is 11.9. The number of hydrazone groups is 1. The van der Waals surface area contributed by atoms with E-state index in [0.717, 1.165) is 11.1 Å². The minimum atomic E-state index is -0.383. The number of nitrogens with zero attached hydrogens (tertiary/aromatic N) is 2. The van der Waals surface area contributed by atoms with E-state index in [1.165, 1.54) is 6.21 Å². The number of hydrogen-bond donors (Lipinski definition) is 1. The highest BCUT2D eigenvalue weighted by molar-refractivity contribution is 6.30. The van der Waals surface area contributed by atoms with Crippen LogP contribution in [0, 0.1) is 0 Å². The lowest BCUT2D eigenvalue weighted by atomic mass is 10.2. The van der Waals surface area contributed by atoms with Crippen molar-refractivity contribution < 1.29 is 14.3 Å². The molecule has 0 saturated carbocycles. The van der Waals surface area contributed by atoms with Gasteiger partial charge in [0.2, 0.25) is 0 Å². The van der Waals surface area contributed by atoms with Crippen LogP contribution in [-0.2, 0) is 6.61 Å². The number of rotatable bonds is 7. The molecule has 0 saturated heterocycles. The second kappa shape index (κ2) is 9.53. The van der Waals surface area contributed by atoms with E-state index in [2.05, 4.69) is 15.5 Å². The lowest BCUT2D eigenvalue weighted by Crippen LogP contribution is -2.18.